The Bertz CT molecular complexity index is 564. The molecule has 2 N–H and O–H groups in total. The van der Waals surface area contributed by atoms with Gasteiger partial charge < -0.3 is 15.1 Å². The summed E-state index contributed by atoms with van der Waals surface area (Å²) in [6.07, 6.45) is 3.61. The van der Waals surface area contributed by atoms with Gasteiger partial charge in [0.25, 0.3) is 0 Å². The Hall–Kier alpha value is -2.21. The van der Waals surface area contributed by atoms with Gasteiger partial charge in [-0.2, -0.15) is 0 Å². The molecule has 1 aromatic carbocycles. The number of hydrogen-bond acceptors (Lipinski definition) is 5. The maximum Gasteiger partial charge on any atom is 0.247 e. The highest BCUT2D eigenvalue weighted by molar-refractivity contribution is 5.92. The topological polar surface area (TPSA) is 80.0 Å². The number of carbonyl (C=O) groups excluding carboxylic acids is 1. The fourth-order valence-corrected chi connectivity index (χ4v) is 1.76. The van der Waals surface area contributed by atoms with E-state index < -0.39 is 0 Å². The molecular weight excluding hydrogens is 244 g/mol. The molecule has 0 saturated heterocycles. The minimum atomic E-state index is -0.0467. The van der Waals surface area contributed by atoms with Crippen molar-refractivity contribution in [1.29, 1.82) is 0 Å². The van der Waals surface area contributed by atoms with Gasteiger partial charge in [-0.1, -0.05) is 6.07 Å². The molecule has 1 aromatic heterocycles. The van der Waals surface area contributed by atoms with Crippen LogP contribution in [0.25, 0.3) is 11.5 Å². The van der Waals surface area contributed by atoms with Gasteiger partial charge in [0, 0.05) is 17.3 Å². The molecule has 1 fully saturated rings. The average Bonchev–Trinajstić information content (AvgIpc) is 3.09. The van der Waals surface area contributed by atoms with Crippen molar-refractivity contribution < 1.29 is 9.21 Å². The van der Waals surface area contributed by atoms with Crippen LogP contribution in [0.3, 0.4) is 0 Å². The largest absolute Gasteiger partial charge is 0.423 e. The summed E-state index contributed by atoms with van der Waals surface area (Å²) in [5.74, 6) is 0.391. The van der Waals surface area contributed by atoms with E-state index in [1.165, 1.54) is 19.2 Å². The molecule has 1 aliphatic carbocycles. The highest BCUT2D eigenvalue weighted by Crippen LogP contribution is 2.20. The van der Waals surface area contributed by atoms with Crippen molar-refractivity contribution in [2.45, 2.75) is 18.9 Å². The van der Waals surface area contributed by atoms with E-state index in [-0.39, 0.29) is 5.91 Å². The van der Waals surface area contributed by atoms with Crippen molar-refractivity contribution in [3.05, 3.63) is 30.7 Å². The number of carbonyl (C=O) groups is 1. The lowest BCUT2D eigenvalue weighted by Crippen LogP contribution is -2.29. The number of hydrogen-bond donors (Lipinski definition) is 2. The van der Waals surface area contributed by atoms with Crippen LogP contribution in [0.4, 0.5) is 5.69 Å². The molecule has 6 heteroatoms. The fraction of sp³-hybridized carbons (Fsp3) is 0.308. The molecule has 1 aliphatic rings. The highest BCUT2D eigenvalue weighted by Gasteiger charge is 2.21. The van der Waals surface area contributed by atoms with Crippen molar-refractivity contribution >= 4 is 11.6 Å². The lowest BCUT2D eigenvalue weighted by atomic mass is 10.2. The van der Waals surface area contributed by atoms with E-state index in [4.69, 9.17) is 4.42 Å². The number of benzene rings is 1. The van der Waals surface area contributed by atoms with Gasteiger partial charge in [0.15, 0.2) is 0 Å². The number of rotatable bonds is 5. The summed E-state index contributed by atoms with van der Waals surface area (Å²) >= 11 is 0. The molecule has 2 aromatic rings. The molecule has 0 spiro atoms. The van der Waals surface area contributed by atoms with Crippen LogP contribution in [-0.2, 0) is 4.79 Å². The number of amides is 1. The van der Waals surface area contributed by atoms with Crippen LogP contribution in [0, 0.1) is 0 Å². The normalized spacial score (nSPS) is 14.3. The highest BCUT2D eigenvalue weighted by atomic mass is 16.4. The molecule has 0 unspecified atom stereocenters. The van der Waals surface area contributed by atoms with Gasteiger partial charge in [0.05, 0.1) is 6.54 Å². The van der Waals surface area contributed by atoms with Crippen LogP contribution in [0.2, 0.25) is 0 Å². The third kappa shape index (κ3) is 3.17. The number of nitrogens with one attached hydrogen (secondary N) is 2. The molecule has 98 valence electrons. The van der Waals surface area contributed by atoms with Gasteiger partial charge in [0.2, 0.25) is 18.2 Å². The standard InChI is InChI=1S/C13H14N4O2/c18-12(7-14-10-4-5-10)16-11-3-1-2-9(6-11)13-17-15-8-19-13/h1-3,6,8,10,14H,4-5,7H2,(H,16,18). The molecule has 19 heavy (non-hydrogen) atoms. The summed E-state index contributed by atoms with van der Waals surface area (Å²) in [6, 6.07) is 7.85. The minimum Gasteiger partial charge on any atom is -0.423 e. The Labute approximate surface area is 110 Å². The summed E-state index contributed by atoms with van der Waals surface area (Å²) in [5.41, 5.74) is 1.50. The summed E-state index contributed by atoms with van der Waals surface area (Å²) in [6.45, 7) is 0.343. The first-order valence-electron chi connectivity index (χ1n) is 6.21. The molecular formula is C13H14N4O2. The van der Waals surface area contributed by atoms with E-state index in [1.807, 2.05) is 24.3 Å². The van der Waals surface area contributed by atoms with Gasteiger partial charge in [-0.25, -0.2) is 0 Å². The second-order valence-electron chi connectivity index (χ2n) is 4.53. The SMILES string of the molecule is O=C(CNC1CC1)Nc1cccc(-c2nnco2)c1. The number of anilines is 1. The van der Waals surface area contributed by atoms with E-state index >= 15 is 0 Å². The molecule has 3 rings (SSSR count). The lowest BCUT2D eigenvalue weighted by Gasteiger charge is -2.06. The third-order valence-electron chi connectivity index (χ3n) is 2.88. The van der Waals surface area contributed by atoms with Crippen LogP contribution < -0.4 is 10.6 Å². The summed E-state index contributed by atoms with van der Waals surface area (Å²) in [4.78, 5) is 11.7. The Kier molecular flexibility index (Phi) is 3.24. The first kappa shape index (κ1) is 11.9. The van der Waals surface area contributed by atoms with Crippen LogP contribution in [0.1, 0.15) is 12.8 Å². The monoisotopic (exact) mass is 258 g/mol. The Morgan fingerprint density at radius 2 is 2.32 bits per heavy atom. The van der Waals surface area contributed by atoms with Gasteiger partial charge in [-0.05, 0) is 31.0 Å². The van der Waals surface area contributed by atoms with Gasteiger partial charge in [-0.3, -0.25) is 4.79 Å². The first-order chi connectivity index (χ1) is 9.31. The van der Waals surface area contributed by atoms with Gasteiger partial charge in [0.1, 0.15) is 0 Å². The van der Waals surface area contributed by atoms with Crippen molar-refractivity contribution in [2.24, 2.45) is 0 Å². The van der Waals surface area contributed by atoms with E-state index in [2.05, 4.69) is 20.8 Å². The maximum atomic E-state index is 11.7. The van der Waals surface area contributed by atoms with Crippen LogP contribution in [0.5, 0.6) is 0 Å². The number of aromatic nitrogens is 2. The van der Waals surface area contributed by atoms with Crippen molar-refractivity contribution in [1.82, 2.24) is 15.5 Å². The van der Waals surface area contributed by atoms with Crippen molar-refractivity contribution in [2.75, 3.05) is 11.9 Å². The van der Waals surface area contributed by atoms with Gasteiger partial charge in [-0.15, -0.1) is 10.2 Å². The predicted octanol–water partition coefficient (Wildman–Crippen LogP) is 1.43. The van der Waals surface area contributed by atoms with E-state index in [0.29, 0.717) is 18.5 Å². The third-order valence-corrected chi connectivity index (χ3v) is 2.88. The van der Waals surface area contributed by atoms with Crippen LogP contribution in [-0.4, -0.2) is 28.7 Å². The zero-order valence-electron chi connectivity index (χ0n) is 10.3. The molecule has 0 bridgehead atoms. The molecule has 0 radical (unpaired) electrons. The molecule has 1 saturated carbocycles. The van der Waals surface area contributed by atoms with Crippen LogP contribution >= 0.6 is 0 Å². The Morgan fingerprint density at radius 3 is 3.05 bits per heavy atom. The molecule has 1 heterocycles. The molecule has 0 aliphatic heterocycles. The van der Waals surface area contributed by atoms with Gasteiger partial charge >= 0.3 is 0 Å². The summed E-state index contributed by atoms with van der Waals surface area (Å²) < 4.78 is 5.12. The lowest BCUT2D eigenvalue weighted by molar-refractivity contribution is -0.115. The molecule has 1 amide bonds. The maximum absolute atomic E-state index is 11.7. The minimum absolute atomic E-state index is 0.0467. The van der Waals surface area contributed by atoms with E-state index in [0.717, 1.165) is 11.3 Å². The Balaban J connectivity index is 1.63. The van der Waals surface area contributed by atoms with Crippen molar-refractivity contribution in [3.8, 4) is 11.5 Å². The Morgan fingerprint density at radius 1 is 1.42 bits per heavy atom. The first-order valence-corrected chi connectivity index (χ1v) is 6.21. The fourth-order valence-electron chi connectivity index (χ4n) is 1.76. The second-order valence-corrected chi connectivity index (χ2v) is 4.53. The summed E-state index contributed by atoms with van der Waals surface area (Å²) in [7, 11) is 0. The van der Waals surface area contributed by atoms with E-state index in [9.17, 15) is 4.79 Å². The smallest absolute Gasteiger partial charge is 0.247 e. The van der Waals surface area contributed by atoms with E-state index in [1.54, 1.807) is 0 Å². The zero-order chi connectivity index (χ0) is 13.1. The molecule has 6 nitrogen and oxygen atoms in total. The zero-order valence-corrected chi connectivity index (χ0v) is 10.3. The van der Waals surface area contributed by atoms with Crippen molar-refractivity contribution in [3.63, 3.8) is 0 Å². The second kappa shape index (κ2) is 5.19. The average molecular weight is 258 g/mol. The number of nitrogens with zero attached hydrogens (tertiary/aromatic N) is 2. The summed E-state index contributed by atoms with van der Waals surface area (Å²) in [5, 5.41) is 13.5. The quantitative estimate of drug-likeness (QED) is 0.848. The molecule has 0 atom stereocenters. The predicted molar refractivity (Wildman–Crippen MR) is 69.4 cm³/mol. The van der Waals surface area contributed by atoms with Crippen LogP contribution in [0.15, 0.2) is 35.1 Å².